The Labute approximate surface area is 168 Å². The number of hydrogen-bond donors (Lipinski definition) is 2. The predicted octanol–water partition coefficient (Wildman–Crippen LogP) is 3.34. The Hall–Kier alpha value is -3.03. The van der Waals surface area contributed by atoms with Gasteiger partial charge in [-0.1, -0.05) is 17.7 Å². The first-order valence-electron chi connectivity index (χ1n) is 8.63. The predicted molar refractivity (Wildman–Crippen MR) is 109 cm³/mol. The molecule has 0 atom stereocenters. The summed E-state index contributed by atoms with van der Waals surface area (Å²) in [5.74, 6) is 0.965. The molecule has 2 aromatic carbocycles. The lowest BCUT2D eigenvalue weighted by Crippen LogP contribution is -2.13. The van der Waals surface area contributed by atoms with Gasteiger partial charge in [-0.05, 0) is 36.4 Å². The Morgan fingerprint density at radius 2 is 2.11 bits per heavy atom. The van der Waals surface area contributed by atoms with E-state index in [1.54, 1.807) is 67.5 Å². The van der Waals surface area contributed by atoms with Crippen molar-refractivity contribution in [1.29, 1.82) is 0 Å². The first kappa shape index (κ1) is 19.7. The maximum Gasteiger partial charge on any atom is 0.255 e. The number of carbonyl (C=O) groups excluding carboxylic acids is 1. The quantitative estimate of drug-likeness (QED) is 0.634. The minimum absolute atomic E-state index is 0.253. The number of benzene rings is 2. The molecule has 0 aliphatic rings. The van der Waals surface area contributed by atoms with Gasteiger partial charge in [0.05, 0.1) is 24.0 Å². The lowest BCUT2D eigenvalue weighted by atomic mass is 10.1. The van der Waals surface area contributed by atoms with Gasteiger partial charge in [0.2, 0.25) is 0 Å². The van der Waals surface area contributed by atoms with Gasteiger partial charge in [-0.3, -0.25) is 9.48 Å². The highest BCUT2D eigenvalue weighted by molar-refractivity contribution is 6.33. The first-order valence-corrected chi connectivity index (χ1v) is 9.01. The number of hydrogen-bond acceptors (Lipinski definition) is 5. The van der Waals surface area contributed by atoms with Crippen LogP contribution in [-0.2, 0) is 7.05 Å². The van der Waals surface area contributed by atoms with Gasteiger partial charge in [0.1, 0.15) is 18.1 Å². The van der Waals surface area contributed by atoms with Crippen LogP contribution in [0.4, 0.5) is 5.69 Å². The van der Waals surface area contributed by atoms with Crippen molar-refractivity contribution in [3.05, 3.63) is 59.2 Å². The van der Waals surface area contributed by atoms with Gasteiger partial charge in [0, 0.05) is 30.4 Å². The number of amides is 1. The van der Waals surface area contributed by atoms with Gasteiger partial charge in [-0.15, -0.1) is 0 Å². The van der Waals surface area contributed by atoms with Gasteiger partial charge in [-0.2, -0.15) is 5.10 Å². The normalized spacial score (nSPS) is 10.6. The topological polar surface area (TPSA) is 91.4 Å². The molecule has 0 bridgehead atoms. The number of carbonyl (C=O) groups is 1. The summed E-state index contributed by atoms with van der Waals surface area (Å²) in [7, 11) is 3.34. The van der Waals surface area contributed by atoms with Crippen LogP contribution in [0, 0.1) is 0 Å². The average molecular weight is 401 g/mol. The molecule has 1 amide bonds. The molecule has 1 aromatic heterocycles. The molecule has 0 unspecified atom stereocenters. The molecule has 3 rings (SSSR count). The lowest BCUT2D eigenvalue weighted by molar-refractivity contribution is 0.102. The molecule has 0 aliphatic heterocycles. The zero-order chi connectivity index (χ0) is 20.1. The summed E-state index contributed by atoms with van der Waals surface area (Å²) in [6, 6.07) is 12.3. The number of nitrogens with two attached hydrogens (primary N) is 1. The fourth-order valence-electron chi connectivity index (χ4n) is 2.77. The minimum Gasteiger partial charge on any atom is -0.497 e. The number of halogens is 1. The van der Waals surface area contributed by atoms with Crippen LogP contribution in [0.3, 0.4) is 0 Å². The molecule has 8 heteroatoms. The molecule has 7 nitrogen and oxygen atoms in total. The van der Waals surface area contributed by atoms with Gasteiger partial charge in [0.25, 0.3) is 5.91 Å². The van der Waals surface area contributed by atoms with E-state index in [9.17, 15) is 4.79 Å². The van der Waals surface area contributed by atoms with E-state index in [0.29, 0.717) is 52.2 Å². The van der Waals surface area contributed by atoms with Crippen LogP contribution in [-0.4, -0.2) is 35.9 Å². The highest BCUT2D eigenvalue weighted by Crippen LogP contribution is 2.36. The zero-order valence-electron chi connectivity index (χ0n) is 15.6. The second kappa shape index (κ2) is 8.77. The molecule has 146 valence electrons. The van der Waals surface area contributed by atoms with Crippen LogP contribution in [0.5, 0.6) is 11.5 Å². The maximum atomic E-state index is 12.6. The van der Waals surface area contributed by atoms with E-state index in [2.05, 4.69) is 10.4 Å². The Morgan fingerprint density at radius 3 is 2.79 bits per heavy atom. The van der Waals surface area contributed by atoms with Crippen LogP contribution < -0.4 is 20.5 Å². The number of aryl methyl sites for hydroxylation is 1. The van der Waals surface area contributed by atoms with E-state index in [0.717, 1.165) is 0 Å². The molecule has 3 N–H and O–H groups in total. The SMILES string of the molecule is COc1cccc(C(=O)Nc2ccc(OCCN)c(-c3c(Cl)cnn3C)c2)c1. The third-order valence-electron chi connectivity index (χ3n) is 4.09. The monoisotopic (exact) mass is 400 g/mol. The van der Waals surface area contributed by atoms with Crippen molar-refractivity contribution in [2.45, 2.75) is 0 Å². The number of aromatic nitrogens is 2. The number of nitrogens with one attached hydrogen (secondary N) is 1. The second-order valence-corrected chi connectivity index (χ2v) is 6.41. The fourth-order valence-corrected chi connectivity index (χ4v) is 3.04. The highest BCUT2D eigenvalue weighted by atomic mass is 35.5. The largest absolute Gasteiger partial charge is 0.497 e. The Morgan fingerprint density at radius 1 is 1.29 bits per heavy atom. The van der Waals surface area contributed by atoms with Crippen molar-refractivity contribution in [3.63, 3.8) is 0 Å². The molecule has 0 spiro atoms. The van der Waals surface area contributed by atoms with Gasteiger partial charge >= 0.3 is 0 Å². The summed E-state index contributed by atoms with van der Waals surface area (Å²) in [6.07, 6.45) is 1.56. The average Bonchev–Trinajstić information content (AvgIpc) is 3.05. The number of nitrogens with zero attached hydrogens (tertiary/aromatic N) is 2. The Bertz CT molecular complexity index is 968. The number of ether oxygens (including phenoxy) is 2. The van der Waals surface area contributed by atoms with Crippen molar-refractivity contribution in [3.8, 4) is 22.8 Å². The van der Waals surface area contributed by atoms with E-state index in [1.807, 2.05) is 0 Å². The lowest BCUT2D eigenvalue weighted by Gasteiger charge is -2.14. The molecule has 3 aromatic rings. The van der Waals surface area contributed by atoms with Crippen molar-refractivity contribution in [2.24, 2.45) is 12.8 Å². The standard InChI is InChI=1S/C20H21ClN4O3/c1-25-19(17(21)12-23-25)16-11-14(6-7-18(16)28-9-8-22)24-20(26)13-4-3-5-15(10-13)27-2/h3-7,10-12H,8-9,22H2,1-2H3,(H,24,26). The first-order chi connectivity index (χ1) is 13.5. The zero-order valence-corrected chi connectivity index (χ0v) is 16.4. The summed E-state index contributed by atoms with van der Waals surface area (Å²) in [4.78, 5) is 12.6. The molecular formula is C20H21ClN4O3. The summed E-state index contributed by atoms with van der Waals surface area (Å²) in [6.45, 7) is 0.741. The maximum absolute atomic E-state index is 12.6. The van der Waals surface area contributed by atoms with Crippen LogP contribution in [0.25, 0.3) is 11.3 Å². The van der Waals surface area contributed by atoms with E-state index in [1.165, 1.54) is 0 Å². The van der Waals surface area contributed by atoms with Crippen LogP contribution in [0.15, 0.2) is 48.7 Å². The third kappa shape index (κ3) is 4.27. The summed E-state index contributed by atoms with van der Waals surface area (Å²) < 4.78 is 12.6. The fraction of sp³-hybridized carbons (Fsp3) is 0.200. The molecule has 1 heterocycles. The van der Waals surface area contributed by atoms with Crippen LogP contribution in [0.2, 0.25) is 5.02 Å². The summed E-state index contributed by atoms with van der Waals surface area (Å²) in [5.41, 5.74) is 8.04. The molecular weight excluding hydrogens is 380 g/mol. The van der Waals surface area contributed by atoms with E-state index in [4.69, 9.17) is 26.8 Å². The number of methoxy groups -OCH3 is 1. The van der Waals surface area contributed by atoms with E-state index in [-0.39, 0.29) is 5.91 Å². The highest BCUT2D eigenvalue weighted by Gasteiger charge is 2.16. The Balaban J connectivity index is 1.94. The van der Waals surface area contributed by atoms with E-state index >= 15 is 0 Å². The molecule has 0 saturated heterocycles. The molecule has 0 fully saturated rings. The van der Waals surface area contributed by atoms with Crippen molar-refractivity contribution >= 4 is 23.2 Å². The van der Waals surface area contributed by atoms with Gasteiger partial charge < -0.3 is 20.5 Å². The number of anilines is 1. The second-order valence-electron chi connectivity index (χ2n) is 6.00. The number of rotatable bonds is 7. The molecule has 0 aliphatic carbocycles. The van der Waals surface area contributed by atoms with Crippen molar-refractivity contribution < 1.29 is 14.3 Å². The Kier molecular flexibility index (Phi) is 6.18. The van der Waals surface area contributed by atoms with Crippen LogP contribution in [0.1, 0.15) is 10.4 Å². The smallest absolute Gasteiger partial charge is 0.255 e. The molecule has 28 heavy (non-hydrogen) atoms. The van der Waals surface area contributed by atoms with Crippen LogP contribution >= 0.6 is 11.6 Å². The van der Waals surface area contributed by atoms with Crippen molar-refractivity contribution in [1.82, 2.24) is 9.78 Å². The molecule has 0 radical (unpaired) electrons. The van der Waals surface area contributed by atoms with Gasteiger partial charge in [0.15, 0.2) is 0 Å². The summed E-state index contributed by atoms with van der Waals surface area (Å²) >= 11 is 6.31. The molecule has 0 saturated carbocycles. The third-order valence-corrected chi connectivity index (χ3v) is 4.37. The van der Waals surface area contributed by atoms with Crippen molar-refractivity contribution in [2.75, 3.05) is 25.6 Å². The minimum atomic E-state index is -0.253. The summed E-state index contributed by atoms with van der Waals surface area (Å²) in [5, 5.41) is 7.54. The van der Waals surface area contributed by atoms with Gasteiger partial charge in [-0.25, -0.2) is 0 Å². The van der Waals surface area contributed by atoms with E-state index < -0.39 is 0 Å².